The SMILES string of the molecule is Nc1ccc(NC(=O)C(CCCN2C[C@@H]3C[C@H]2CO3)c2ccc(/C=C/C(=O)Nc3ccccc3N)cc2)cc1. The Morgan fingerprint density at radius 1 is 1.00 bits per heavy atom. The van der Waals surface area contributed by atoms with Crippen LogP contribution in [0.25, 0.3) is 6.08 Å². The molecule has 1 unspecified atom stereocenters. The fraction of sp³-hybridized carbons (Fsp3) is 0.290. The first kappa shape index (κ1) is 26.5. The molecule has 8 heteroatoms. The number of morpholine rings is 1. The van der Waals surface area contributed by atoms with E-state index in [-0.39, 0.29) is 17.7 Å². The summed E-state index contributed by atoms with van der Waals surface area (Å²) in [6.07, 6.45) is 6.34. The van der Waals surface area contributed by atoms with Crippen LogP contribution in [-0.4, -0.2) is 48.6 Å². The second kappa shape index (κ2) is 12.1. The first-order chi connectivity index (χ1) is 18.9. The topological polar surface area (TPSA) is 123 Å². The van der Waals surface area contributed by atoms with Crippen LogP contribution < -0.4 is 22.1 Å². The summed E-state index contributed by atoms with van der Waals surface area (Å²) < 4.78 is 5.72. The van der Waals surface area contributed by atoms with Gasteiger partial charge in [-0.25, -0.2) is 0 Å². The number of likely N-dealkylation sites (tertiary alicyclic amines) is 1. The van der Waals surface area contributed by atoms with E-state index in [9.17, 15) is 9.59 Å². The Kier molecular flexibility index (Phi) is 8.24. The van der Waals surface area contributed by atoms with Crippen molar-refractivity contribution in [1.82, 2.24) is 4.90 Å². The van der Waals surface area contributed by atoms with Gasteiger partial charge in [-0.2, -0.15) is 0 Å². The molecule has 6 N–H and O–H groups in total. The van der Waals surface area contributed by atoms with E-state index in [4.69, 9.17) is 16.2 Å². The van der Waals surface area contributed by atoms with Crippen LogP contribution in [0.3, 0.4) is 0 Å². The molecule has 2 aliphatic heterocycles. The number of hydrogen-bond donors (Lipinski definition) is 4. The lowest BCUT2D eigenvalue weighted by Gasteiger charge is -2.27. The summed E-state index contributed by atoms with van der Waals surface area (Å²) in [6, 6.07) is 22.6. The van der Waals surface area contributed by atoms with Gasteiger partial charge in [0, 0.05) is 30.0 Å². The monoisotopic (exact) mass is 525 g/mol. The predicted molar refractivity (Wildman–Crippen MR) is 156 cm³/mol. The van der Waals surface area contributed by atoms with E-state index in [1.165, 1.54) is 6.08 Å². The van der Waals surface area contributed by atoms with E-state index in [2.05, 4.69) is 15.5 Å². The van der Waals surface area contributed by atoms with Gasteiger partial charge in [-0.1, -0.05) is 36.4 Å². The Bertz CT molecular complexity index is 1320. The molecule has 2 aliphatic rings. The molecule has 3 aromatic carbocycles. The van der Waals surface area contributed by atoms with Gasteiger partial charge < -0.3 is 26.8 Å². The summed E-state index contributed by atoms with van der Waals surface area (Å²) in [5, 5.41) is 5.83. The highest BCUT2D eigenvalue weighted by molar-refractivity contribution is 6.03. The third-order valence-corrected chi connectivity index (χ3v) is 7.43. The number of ether oxygens (including phenoxy) is 1. The highest BCUT2D eigenvalue weighted by Crippen LogP contribution is 2.30. The van der Waals surface area contributed by atoms with Crippen molar-refractivity contribution >= 4 is 40.6 Å². The molecule has 2 saturated heterocycles. The van der Waals surface area contributed by atoms with Gasteiger partial charge >= 0.3 is 0 Å². The quantitative estimate of drug-likeness (QED) is 0.229. The number of carbonyl (C=O) groups is 2. The number of carbonyl (C=O) groups excluding carboxylic acids is 2. The van der Waals surface area contributed by atoms with E-state index in [1.807, 2.05) is 48.5 Å². The number of para-hydroxylation sites is 2. The molecule has 0 radical (unpaired) electrons. The number of fused-ring (bicyclic) bond motifs is 2. The largest absolute Gasteiger partial charge is 0.399 e. The minimum absolute atomic E-state index is 0.0471. The summed E-state index contributed by atoms with van der Waals surface area (Å²) in [7, 11) is 0. The molecule has 8 nitrogen and oxygen atoms in total. The normalized spacial score (nSPS) is 19.3. The van der Waals surface area contributed by atoms with Crippen molar-refractivity contribution in [3.8, 4) is 0 Å². The summed E-state index contributed by atoms with van der Waals surface area (Å²) in [6.45, 7) is 2.76. The number of amides is 2. The van der Waals surface area contributed by atoms with Crippen LogP contribution in [0.4, 0.5) is 22.7 Å². The second-order valence-corrected chi connectivity index (χ2v) is 10.2. The molecular weight excluding hydrogens is 490 g/mol. The lowest BCUT2D eigenvalue weighted by atomic mass is 9.92. The third kappa shape index (κ3) is 6.85. The van der Waals surface area contributed by atoms with Gasteiger partial charge in [0.2, 0.25) is 11.8 Å². The highest BCUT2D eigenvalue weighted by atomic mass is 16.5. The maximum Gasteiger partial charge on any atom is 0.248 e. The zero-order chi connectivity index (χ0) is 27.2. The van der Waals surface area contributed by atoms with Crippen molar-refractivity contribution in [2.75, 3.05) is 41.8 Å². The summed E-state index contributed by atoms with van der Waals surface area (Å²) in [5.74, 6) is -0.617. The molecule has 39 heavy (non-hydrogen) atoms. The first-order valence-electron chi connectivity index (χ1n) is 13.4. The molecule has 2 amide bonds. The van der Waals surface area contributed by atoms with E-state index in [0.717, 1.165) is 55.8 Å². The minimum atomic E-state index is -0.305. The zero-order valence-electron chi connectivity index (χ0n) is 21.9. The van der Waals surface area contributed by atoms with Gasteiger partial charge in [0.1, 0.15) is 0 Å². The van der Waals surface area contributed by atoms with Crippen molar-refractivity contribution in [3.63, 3.8) is 0 Å². The molecule has 202 valence electrons. The van der Waals surface area contributed by atoms with Gasteiger partial charge in [0.15, 0.2) is 0 Å². The molecular formula is C31H35N5O3. The molecule has 2 bridgehead atoms. The Labute approximate surface area is 229 Å². The number of anilines is 4. The molecule has 2 fully saturated rings. The number of nitrogens with one attached hydrogen (secondary N) is 2. The van der Waals surface area contributed by atoms with E-state index in [1.54, 1.807) is 30.3 Å². The highest BCUT2D eigenvalue weighted by Gasteiger charge is 2.38. The minimum Gasteiger partial charge on any atom is -0.399 e. The molecule has 0 saturated carbocycles. The fourth-order valence-electron chi connectivity index (χ4n) is 5.29. The van der Waals surface area contributed by atoms with Crippen molar-refractivity contribution in [3.05, 3.63) is 90.0 Å². The number of hydrogen-bond acceptors (Lipinski definition) is 6. The number of nitrogen functional groups attached to an aromatic ring is 2. The Balaban J connectivity index is 1.24. The van der Waals surface area contributed by atoms with Crippen LogP contribution in [0.1, 0.15) is 36.3 Å². The lowest BCUT2D eigenvalue weighted by molar-refractivity contribution is -0.117. The van der Waals surface area contributed by atoms with Gasteiger partial charge in [-0.15, -0.1) is 0 Å². The van der Waals surface area contributed by atoms with Crippen LogP contribution in [-0.2, 0) is 14.3 Å². The average molecular weight is 526 g/mol. The van der Waals surface area contributed by atoms with Gasteiger partial charge in [0.25, 0.3) is 0 Å². The van der Waals surface area contributed by atoms with Gasteiger partial charge in [-0.05, 0) is 79.4 Å². The smallest absolute Gasteiger partial charge is 0.248 e. The van der Waals surface area contributed by atoms with E-state index < -0.39 is 0 Å². The zero-order valence-corrected chi connectivity index (χ0v) is 21.9. The molecule has 3 atom stereocenters. The van der Waals surface area contributed by atoms with Crippen LogP contribution in [0, 0.1) is 0 Å². The summed E-state index contributed by atoms with van der Waals surface area (Å²) in [5.41, 5.74) is 16.0. The van der Waals surface area contributed by atoms with E-state index >= 15 is 0 Å². The second-order valence-electron chi connectivity index (χ2n) is 10.2. The predicted octanol–water partition coefficient (Wildman–Crippen LogP) is 4.48. The molecule has 0 aliphatic carbocycles. The number of benzene rings is 3. The third-order valence-electron chi connectivity index (χ3n) is 7.43. The first-order valence-corrected chi connectivity index (χ1v) is 13.4. The van der Waals surface area contributed by atoms with Crippen molar-refractivity contribution in [2.24, 2.45) is 0 Å². The van der Waals surface area contributed by atoms with Crippen LogP contribution in [0.15, 0.2) is 78.9 Å². The molecule has 0 spiro atoms. The van der Waals surface area contributed by atoms with Crippen molar-refractivity contribution in [1.29, 1.82) is 0 Å². The maximum absolute atomic E-state index is 13.4. The van der Waals surface area contributed by atoms with Gasteiger partial charge in [-0.3, -0.25) is 14.5 Å². The van der Waals surface area contributed by atoms with E-state index in [0.29, 0.717) is 29.2 Å². The fourth-order valence-corrected chi connectivity index (χ4v) is 5.29. The number of nitrogens with two attached hydrogens (primary N) is 2. The summed E-state index contributed by atoms with van der Waals surface area (Å²) in [4.78, 5) is 28.2. The molecule has 2 heterocycles. The van der Waals surface area contributed by atoms with Crippen LogP contribution in [0.2, 0.25) is 0 Å². The Morgan fingerprint density at radius 3 is 2.46 bits per heavy atom. The molecule has 5 rings (SSSR count). The van der Waals surface area contributed by atoms with Crippen LogP contribution in [0.5, 0.6) is 0 Å². The van der Waals surface area contributed by atoms with Crippen LogP contribution >= 0.6 is 0 Å². The molecule has 0 aromatic heterocycles. The van der Waals surface area contributed by atoms with Crippen molar-refractivity contribution < 1.29 is 14.3 Å². The molecule has 3 aromatic rings. The number of nitrogens with zero attached hydrogens (tertiary/aromatic N) is 1. The van der Waals surface area contributed by atoms with Crippen molar-refractivity contribution in [2.45, 2.75) is 37.3 Å². The average Bonchev–Trinajstić information content (AvgIpc) is 3.57. The Hall–Kier alpha value is -4.14. The Morgan fingerprint density at radius 2 is 1.77 bits per heavy atom. The standard InChI is InChI=1S/C31H35N5O3/c32-23-12-14-24(15-13-23)34-31(38)27(4-3-17-36-19-26-18-25(36)20-39-26)22-10-7-21(8-11-22)9-16-30(37)35-29-6-2-1-5-28(29)33/h1-2,5-16,25-27H,3-4,17-20,32-33H2,(H,34,38)(H,35,37)/b16-9+/t25-,26-,27?/m0/s1. The number of rotatable bonds is 10. The lowest BCUT2D eigenvalue weighted by Crippen LogP contribution is -2.37. The maximum atomic E-state index is 13.4. The summed E-state index contributed by atoms with van der Waals surface area (Å²) >= 11 is 0. The van der Waals surface area contributed by atoms with Gasteiger partial charge in [0.05, 0.1) is 30.0 Å².